The Morgan fingerprint density at radius 3 is 2.61 bits per heavy atom. The van der Waals surface area contributed by atoms with Crippen LogP contribution in [0.1, 0.15) is 30.3 Å². The first-order valence-corrected chi connectivity index (χ1v) is 7.45. The molecule has 2 N–H and O–H groups in total. The molecular formula is C15H20N2S. The number of nitrogens with two attached hydrogens (primary N) is 1. The average Bonchev–Trinajstić information content (AvgIpc) is 2.88. The Bertz CT molecular complexity index is 473. The number of rotatable bonds is 6. The summed E-state index contributed by atoms with van der Waals surface area (Å²) in [6.07, 6.45) is 4.36. The number of hydrogen-bond acceptors (Lipinski definition) is 3. The van der Waals surface area contributed by atoms with Gasteiger partial charge in [-0.3, -0.25) is 0 Å². The molecule has 0 aliphatic carbocycles. The lowest BCUT2D eigenvalue weighted by Crippen LogP contribution is -1.98. The fourth-order valence-corrected chi connectivity index (χ4v) is 2.74. The van der Waals surface area contributed by atoms with E-state index in [1.165, 1.54) is 16.1 Å². The summed E-state index contributed by atoms with van der Waals surface area (Å²) in [6.45, 7) is 2.95. The quantitative estimate of drug-likeness (QED) is 0.805. The highest BCUT2D eigenvalue weighted by molar-refractivity contribution is 7.09. The largest absolute Gasteiger partial charge is 0.330 e. The van der Waals surface area contributed by atoms with Crippen LogP contribution in [0.25, 0.3) is 11.3 Å². The molecule has 0 spiro atoms. The van der Waals surface area contributed by atoms with Gasteiger partial charge in [0.2, 0.25) is 0 Å². The van der Waals surface area contributed by atoms with Crippen LogP contribution in [-0.2, 0) is 12.8 Å². The normalized spacial score (nSPS) is 10.8. The lowest BCUT2D eigenvalue weighted by molar-refractivity contribution is 0.742. The third-order valence-electron chi connectivity index (χ3n) is 3.05. The summed E-state index contributed by atoms with van der Waals surface area (Å²) in [4.78, 5) is 4.69. The van der Waals surface area contributed by atoms with E-state index < -0.39 is 0 Å². The minimum absolute atomic E-state index is 0.775. The topological polar surface area (TPSA) is 38.9 Å². The summed E-state index contributed by atoms with van der Waals surface area (Å²) in [7, 11) is 0. The molecule has 1 aromatic carbocycles. The van der Waals surface area contributed by atoms with Gasteiger partial charge in [0.25, 0.3) is 0 Å². The molecule has 1 heterocycles. The first kappa shape index (κ1) is 13.2. The number of aryl methyl sites for hydroxylation is 2. The molecule has 0 aliphatic heterocycles. The van der Waals surface area contributed by atoms with Crippen molar-refractivity contribution < 1.29 is 0 Å². The predicted molar refractivity (Wildman–Crippen MR) is 78.9 cm³/mol. The van der Waals surface area contributed by atoms with Gasteiger partial charge in [-0.15, -0.1) is 11.3 Å². The van der Waals surface area contributed by atoms with E-state index in [1.807, 2.05) is 0 Å². The maximum absolute atomic E-state index is 5.50. The van der Waals surface area contributed by atoms with E-state index in [2.05, 4.69) is 41.6 Å². The zero-order chi connectivity index (χ0) is 12.8. The summed E-state index contributed by atoms with van der Waals surface area (Å²) < 4.78 is 0. The Morgan fingerprint density at radius 2 is 1.94 bits per heavy atom. The number of unbranched alkanes of at least 4 members (excludes halogenated alkanes) is 1. The zero-order valence-electron chi connectivity index (χ0n) is 10.9. The van der Waals surface area contributed by atoms with Crippen LogP contribution in [0.2, 0.25) is 0 Å². The van der Waals surface area contributed by atoms with Crippen molar-refractivity contribution in [3.05, 3.63) is 40.2 Å². The van der Waals surface area contributed by atoms with Gasteiger partial charge in [0, 0.05) is 10.9 Å². The molecule has 96 valence electrons. The van der Waals surface area contributed by atoms with Crippen LogP contribution in [0.3, 0.4) is 0 Å². The van der Waals surface area contributed by atoms with Crippen molar-refractivity contribution >= 4 is 11.3 Å². The van der Waals surface area contributed by atoms with E-state index in [4.69, 9.17) is 5.73 Å². The van der Waals surface area contributed by atoms with Crippen LogP contribution in [0.4, 0.5) is 0 Å². The molecule has 0 radical (unpaired) electrons. The van der Waals surface area contributed by atoms with Crippen LogP contribution in [0.5, 0.6) is 0 Å². The fourth-order valence-electron chi connectivity index (χ4n) is 1.89. The highest BCUT2D eigenvalue weighted by atomic mass is 32.1. The maximum atomic E-state index is 5.50. The SMILES string of the molecule is CCc1ccc(-c2csc(CCCCN)n2)cc1. The van der Waals surface area contributed by atoms with Crippen molar-refractivity contribution in [1.29, 1.82) is 0 Å². The second-order valence-corrected chi connectivity index (χ2v) is 5.37. The van der Waals surface area contributed by atoms with Gasteiger partial charge >= 0.3 is 0 Å². The number of benzene rings is 1. The molecule has 0 saturated heterocycles. The predicted octanol–water partition coefficient (Wildman–Crippen LogP) is 3.65. The van der Waals surface area contributed by atoms with Gasteiger partial charge in [-0.2, -0.15) is 0 Å². The first-order valence-electron chi connectivity index (χ1n) is 6.57. The number of hydrogen-bond donors (Lipinski definition) is 1. The van der Waals surface area contributed by atoms with Gasteiger partial charge in [0.15, 0.2) is 0 Å². The Labute approximate surface area is 113 Å². The van der Waals surface area contributed by atoms with Crippen molar-refractivity contribution in [2.24, 2.45) is 5.73 Å². The van der Waals surface area contributed by atoms with E-state index >= 15 is 0 Å². The molecule has 0 saturated carbocycles. The molecule has 18 heavy (non-hydrogen) atoms. The van der Waals surface area contributed by atoms with E-state index in [-0.39, 0.29) is 0 Å². The summed E-state index contributed by atoms with van der Waals surface area (Å²) in [5.74, 6) is 0. The van der Waals surface area contributed by atoms with E-state index in [0.717, 1.165) is 37.9 Å². The minimum atomic E-state index is 0.775. The van der Waals surface area contributed by atoms with Crippen LogP contribution >= 0.6 is 11.3 Å². The van der Waals surface area contributed by atoms with Gasteiger partial charge in [0.05, 0.1) is 10.7 Å². The highest BCUT2D eigenvalue weighted by Gasteiger charge is 2.04. The second kappa shape index (κ2) is 6.66. The summed E-state index contributed by atoms with van der Waals surface area (Å²) in [6, 6.07) is 8.70. The zero-order valence-corrected chi connectivity index (χ0v) is 11.7. The minimum Gasteiger partial charge on any atom is -0.330 e. The molecular weight excluding hydrogens is 240 g/mol. The van der Waals surface area contributed by atoms with E-state index in [9.17, 15) is 0 Å². The van der Waals surface area contributed by atoms with Gasteiger partial charge in [-0.25, -0.2) is 4.98 Å². The van der Waals surface area contributed by atoms with E-state index in [1.54, 1.807) is 11.3 Å². The van der Waals surface area contributed by atoms with Gasteiger partial charge in [-0.1, -0.05) is 31.2 Å². The van der Waals surface area contributed by atoms with Crippen LogP contribution in [0.15, 0.2) is 29.6 Å². The van der Waals surface area contributed by atoms with Crippen LogP contribution in [-0.4, -0.2) is 11.5 Å². The van der Waals surface area contributed by atoms with Gasteiger partial charge < -0.3 is 5.73 Å². The fraction of sp³-hybridized carbons (Fsp3) is 0.400. The summed E-state index contributed by atoms with van der Waals surface area (Å²) >= 11 is 1.75. The molecule has 0 amide bonds. The summed E-state index contributed by atoms with van der Waals surface area (Å²) in [5.41, 5.74) is 9.19. The highest BCUT2D eigenvalue weighted by Crippen LogP contribution is 2.23. The molecule has 2 nitrogen and oxygen atoms in total. The van der Waals surface area contributed by atoms with Crippen molar-refractivity contribution in [3.63, 3.8) is 0 Å². The smallest absolute Gasteiger partial charge is 0.0932 e. The van der Waals surface area contributed by atoms with E-state index in [0.29, 0.717) is 0 Å². The molecule has 0 aliphatic rings. The second-order valence-electron chi connectivity index (χ2n) is 4.42. The lowest BCUT2D eigenvalue weighted by Gasteiger charge is -1.99. The number of thiazole rings is 1. The monoisotopic (exact) mass is 260 g/mol. The molecule has 1 aromatic heterocycles. The maximum Gasteiger partial charge on any atom is 0.0932 e. The lowest BCUT2D eigenvalue weighted by atomic mass is 10.1. The third kappa shape index (κ3) is 3.40. The molecule has 2 rings (SSSR count). The molecule has 0 bridgehead atoms. The molecule has 0 fully saturated rings. The van der Waals surface area contributed by atoms with Crippen molar-refractivity contribution in [2.45, 2.75) is 32.6 Å². The van der Waals surface area contributed by atoms with Crippen LogP contribution < -0.4 is 5.73 Å². The molecule has 3 heteroatoms. The Hall–Kier alpha value is -1.19. The Kier molecular flexibility index (Phi) is 4.90. The van der Waals surface area contributed by atoms with Gasteiger partial charge in [-0.05, 0) is 37.8 Å². The van der Waals surface area contributed by atoms with Crippen molar-refractivity contribution in [1.82, 2.24) is 4.98 Å². The van der Waals surface area contributed by atoms with Crippen LogP contribution in [0, 0.1) is 0 Å². The summed E-state index contributed by atoms with van der Waals surface area (Å²) in [5, 5.41) is 3.37. The van der Waals surface area contributed by atoms with Gasteiger partial charge in [0.1, 0.15) is 0 Å². The average molecular weight is 260 g/mol. The first-order chi connectivity index (χ1) is 8.83. The third-order valence-corrected chi connectivity index (χ3v) is 3.96. The van der Waals surface area contributed by atoms with Crippen molar-refractivity contribution in [3.8, 4) is 11.3 Å². The molecule has 0 unspecified atom stereocenters. The number of aromatic nitrogens is 1. The standard InChI is InChI=1S/C15H20N2S/c1-2-12-6-8-13(9-7-12)14-11-18-15(17-14)5-3-4-10-16/h6-9,11H,2-5,10,16H2,1H3. The number of nitrogens with zero attached hydrogens (tertiary/aromatic N) is 1. The molecule has 0 atom stereocenters. The Balaban J connectivity index is 2.04. The Morgan fingerprint density at radius 1 is 1.17 bits per heavy atom. The van der Waals surface area contributed by atoms with Crippen molar-refractivity contribution in [2.75, 3.05) is 6.54 Å². The molecule has 2 aromatic rings.